The first-order chi connectivity index (χ1) is 13.0. The summed E-state index contributed by atoms with van der Waals surface area (Å²) in [4.78, 5) is 29.2. The maximum absolute atomic E-state index is 12.9. The Balaban J connectivity index is 1.65. The average molecular weight is 377 g/mol. The fourth-order valence-electron chi connectivity index (χ4n) is 3.60. The molecule has 0 atom stereocenters. The number of benzene rings is 1. The SMILES string of the molecule is COc1cccc(C(=O)N2CCN(C(=O)C3(N)CCOCC3)CC2)c1OC. The molecule has 27 heavy (non-hydrogen) atoms. The third kappa shape index (κ3) is 3.86. The van der Waals surface area contributed by atoms with Crippen molar-refractivity contribution in [1.29, 1.82) is 0 Å². The second-order valence-corrected chi connectivity index (χ2v) is 6.89. The molecule has 1 aromatic rings. The first kappa shape index (κ1) is 19.4. The zero-order chi connectivity index (χ0) is 19.4. The summed E-state index contributed by atoms with van der Waals surface area (Å²) in [7, 11) is 3.05. The fourth-order valence-corrected chi connectivity index (χ4v) is 3.60. The summed E-state index contributed by atoms with van der Waals surface area (Å²) in [6.07, 6.45) is 1.07. The monoisotopic (exact) mass is 377 g/mol. The van der Waals surface area contributed by atoms with Gasteiger partial charge < -0.3 is 29.7 Å². The minimum atomic E-state index is -0.847. The van der Waals surface area contributed by atoms with E-state index >= 15 is 0 Å². The van der Waals surface area contributed by atoms with Crippen molar-refractivity contribution in [1.82, 2.24) is 9.80 Å². The van der Waals surface area contributed by atoms with Gasteiger partial charge in [-0.3, -0.25) is 9.59 Å². The van der Waals surface area contributed by atoms with E-state index < -0.39 is 5.54 Å². The molecule has 3 rings (SSSR count). The van der Waals surface area contributed by atoms with Gasteiger partial charge in [0.25, 0.3) is 5.91 Å². The van der Waals surface area contributed by atoms with Crippen LogP contribution < -0.4 is 15.2 Å². The van der Waals surface area contributed by atoms with Gasteiger partial charge in [0.05, 0.1) is 25.3 Å². The van der Waals surface area contributed by atoms with E-state index in [1.165, 1.54) is 14.2 Å². The van der Waals surface area contributed by atoms with E-state index in [0.29, 0.717) is 69.3 Å². The molecule has 0 aromatic heterocycles. The third-order valence-electron chi connectivity index (χ3n) is 5.30. The summed E-state index contributed by atoms with van der Waals surface area (Å²) in [6.45, 7) is 2.87. The lowest BCUT2D eigenvalue weighted by Gasteiger charge is -2.41. The number of amides is 2. The second kappa shape index (κ2) is 8.14. The van der Waals surface area contributed by atoms with Crippen LogP contribution in [0, 0.1) is 0 Å². The lowest BCUT2D eigenvalue weighted by atomic mass is 9.89. The Labute approximate surface area is 159 Å². The summed E-state index contributed by atoms with van der Waals surface area (Å²) in [5.41, 5.74) is 5.91. The van der Waals surface area contributed by atoms with Crippen molar-refractivity contribution in [3.63, 3.8) is 0 Å². The maximum atomic E-state index is 12.9. The van der Waals surface area contributed by atoms with E-state index in [1.54, 1.807) is 28.0 Å². The summed E-state index contributed by atoms with van der Waals surface area (Å²) in [5, 5.41) is 0. The number of ether oxygens (including phenoxy) is 3. The van der Waals surface area contributed by atoms with Crippen LogP contribution in [-0.2, 0) is 9.53 Å². The Morgan fingerprint density at radius 2 is 1.67 bits per heavy atom. The second-order valence-electron chi connectivity index (χ2n) is 6.89. The van der Waals surface area contributed by atoms with Crippen molar-refractivity contribution < 1.29 is 23.8 Å². The number of hydrogen-bond donors (Lipinski definition) is 1. The lowest BCUT2D eigenvalue weighted by Crippen LogP contribution is -2.61. The van der Waals surface area contributed by atoms with Crippen molar-refractivity contribution in [3.8, 4) is 11.5 Å². The molecule has 148 valence electrons. The first-order valence-electron chi connectivity index (χ1n) is 9.16. The predicted octanol–water partition coefficient (Wildman–Crippen LogP) is 0.496. The topological polar surface area (TPSA) is 94.3 Å². The van der Waals surface area contributed by atoms with Gasteiger partial charge in [0.15, 0.2) is 11.5 Å². The van der Waals surface area contributed by atoms with Gasteiger partial charge in [0, 0.05) is 39.4 Å². The average Bonchev–Trinajstić information content (AvgIpc) is 2.72. The molecule has 0 spiro atoms. The van der Waals surface area contributed by atoms with Gasteiger partial charge in [-0.25, -0.2) is 0 Å². The van der Waals surface area contributed by atoms with Crippen LogP contribution in [0.3, 0.4) is 0 Å². The van der Waals surface area contributed by atoms with E-state index in [1.807, 2.05) is 0 Å². The van der Waals surface area contributed by atoms with Crippen LogP contribution in [0.1, 0.15) is 23.2 Å². The normalized spacial score (nSPS) is 19.5. The highest BCUT2D eigenvalue weighted by Crippen LogP contribution is 2.31. The van der Waals surface area contributed by atoms with Crippen LogP contribution in [0.5, 0.6) is 11.5 Å². The van der Waals surface area contributed by atoms with Crippen LogP contribution in [0.4, 0.5) is 0 Å². The number of nitrogens with zero attached hydrogens (tertiary/aromatic N) is 2. The molecule has 0 aliphatic carbocycles. The molecule has 0 bridgehead atoms. The molecule has 2 amide bonds. The number of para-hydroxylation sites is 1. The van der Waals surface area contributed by atoms with Crippen LogP contribution in [0.2, 0.25) is 0 Å². The van der Waals surface area contributed by atoms with Crippen molar-refractivity contribution in [2.24, 2.45) is 5.73 Å². The molecule has 2 aliphatic rings. The largest absolute Gasteiger partial charge is 0.493 e. The van der Waals surface area contributed by atoms with Crippen LogP contribution in [0.15, 0.2) is 18.2 Å². The highest BCUT2D eigenvalue weighted by atomic mass is 16.5. The number of methoxy groups -OCH3 is 2. The number of hydrogen-bond acceptors (Lipinski definition) is 6. The smallest absolute Gasteiger partial charge is 0.257 e. The number of rotatable bonds is 4. The molecule has 2 saturated heterocycles. The molecular weight excluding hydrogens is 350 g/mol. The zero-order valence-electron chi connectivity index (χ0n) is 15.9. The fraction of sp³-hybridized carbons (Fsp3) is 0.579. The van der Waals surface area contributed by atoms with Crippen LogP contribution >= 0.6 is 0 Å². The molecule has 8 heteroatoms. The van der Waals surface area contributed by atoms with Gasteiger partial charge in [0.1, 0.15) is 0 Å². The zero-order valence-corrected chi connectivity index (χ0v) is 15.9. The molecule has 2 fully saturated rings. The minimum Gasteiger partial charge on any atom is -0.493 e. The molecule has 2 heterocycles. The number of piperazine rings is 1. The molecular formula is C19H27N3O5. The van der Waals surface area contributed by atoms with Gasteiger partial charge in [-0.2, -0.15) is 0 Å². The summed E-state index contributed by atoms with van der Waals surface area (Å²) < 4.78 is 15.9. The van der Waals surface area contributed by atoms with E-state index in [4.69, 9.17) is 19.9 Å². The first-order valence-corrected chi connectivity index (χ1v) is 9.16. The van der Waals surface area contributed by atoms with Gasteiger partial charge in [0.2, 0.25) is 5.91 Å². The quantitative estimate of drug-likeness (QED) is 0.821. The number of nitrogens with two attached hydrogens (primary N) is 1. The Morgan fingerprint density at radius 1 is 1.04 bits per heavy atom. The Kier molecular flexibility index (Phi) is 5.86. The summed E-state index contributed by atoms with van der Waals surface area (Å²) >= 11 is 0. The standard InChI is InChI=1S/C19H27N3O5/c1-25-15-5-3-4-14(16(15)26-2)17(23)21-8-10-22(11-9-21)18(24)19(20)6-12-27-13-7-19/h3-5H,6-13,20H2,1-2H3. The van der Waals surface area contributed by atoms with Crippen molar-refractivity contribution in [2.45, 2.75) is 18.4 Å². The van der Waals surface area contributed by atoms with Gasteiger partial charge >= 0.3 is 0 Å². The molecule has 8 nitrogen and oxygen atoms in total. The predicted molar refractivity (Wildman–Crippen MR) is 99.0 cm³/mol. The van der Waals surface area contributed by atoms with Crippen molar-refractivity contribution in [2.75, 3.05) is 53.6 Å². The third-order valence-corrected chi connectivity index (χ3v) is 5.30. The Hall–Kier alpha value is -2.32. The van der Waals surface area contributed by atoms with Gasteiger partial charge in [-0.05, 0) is 25.0 Å². The van der Waals surface area contributed by atoms with Gasteiger partial charge in [-0.15, -0.1) is 0 Å². The Morgan fingerprint density at radius 3 is 2.26 bits per heavy atom. The lowest BCUT2D eigenvalue weighted by molar-refractivity contribution is -0.142. The van der Waals surface area contributed by atoms with Gasteiger partial charge in [-0.1, -0.05) is 6.07 Å². The Bertz CT molecular complexity index is 695. The molecule has 0 unspecified atom stereocenters. The van der Waals surface area contributed by atoms with E-state index in [2.05, 4.69) is 0 Å². The molecule has 0 saturated carbocycles. The highest BCUT2D eigenvalue weighted by Gasteiger charge is 2.40. The van der Waals surface area contributed by atoms with Crippen molar-refractivity contribution >= 4 is 11.8 Å². The molecule has 0 radical (unpaired) electrons. The van der Waals surface area contributed by atoms with E-state index in [9.17, 15) is 9.59 Å². The number of carbonyl (C=O) groups is 2. The molecule has 2 aliphatic heterocycles. The van der Waals surface area contributed by atoms with Crippen molar-refractivity contribution in [3.05, 3.63) is 23.8 Å². The maximum Gasteiger partial charge on any atom is 0.257 e. The van der Waals surface area contributed by atoms with Crippen LogP contribution in [0.25, 0.3) is 0 Å². The van der Waals surface area contributed by atoms with E-state index in [-0.39, 0.29) is 11.8 Å². The molecule has 1 aromatic carbocycles. The summed E-state index contributed by atoms with van der Waals surface area (Å²) in [6, 6.07) is 5.23. The molecule has 2 N–H and O–H groups in total. The van der Waals surface area contributed by atoms with Crippen LogP contribution in [-0.4, -0.2) is 80.8 Å². The number of carbonyl (C=O) groups excluding carboxylic acids is 2. The summed E-state index contributed by atoms with van der Waals surface area (Å²) in [5.74, 6) is 0.761. The van der Waals surface area contributed by atoms with E-state index in [0.717, 1.165) is 0 Å². The highest BCUT2D eigenvalue weighted by molar-refractivity contribution is 5.98. The minimum absolute atomic E-state index is 0.0446.